The number of hydrogen-bond acceptors (Lipinski definition) is 8. The molecule has 0 bridgehead atoms. The molecule has 1 aliphatic rings. The fourth-order valence-electron chi connectivity index (χ4n) is 4.19. The van der Waals surface area contributed by atoms with Gasteiger partial charge in [0.1, 0.15) is 0 Å². The van der Waals surface area contributed by atoms with E-state index in [2.05, 4.69) is 49.8 Å². The van der Waals surface area contributed by atoms with E-state index < -0.39 is 0 Å². The molecule has 3 aromatic carbocycles. The van der Waals surface area contributed by atoms with E-state index in [1.165, 1.54) is 5.56 Å². The standard InChI is InChI=1S/C29H32N8O/c1-22-12-14-23(15-13-22)20-30-26(38)21-36-16-18-37(19-17-36)29-34-27(31-24-8-4-2-5-9-24)33-28(35-29)32-25-10-6-3-7-11-25/h2-15H,16-21H2,1H3,(H,30,38)(H2,31,32,33,34,35). The molecule has 3 N–H and O–H groups in total. The number of benzene rings is 3. The third-order valence-corrected chi connectivity index (χ3v) is 6.32. The molecule has 1 aromatic heterocycles. The van der Waals surface area contributed by atoms with Crippen molar-refractivity contribution >= 4 is 35.1 Å². The topological polar surface area (TPSA) is 98.3 Å². The summed E-state index contributed by atoms with van der Waals surface area (Å²) in [4.78, 5) is 30.8. The molecule has 0 unspecified atom stereocenters. The normalized spacial score (nSPS) is 13.7. The van der Waals surface area contributed by atoms with E-state index in [1.807, 2.05) is 72.8 Å². The van der Waals surface area contributed by atoms with Gasteiger partial charge in [0.05, 0.1) is 6.54 Å². The van der Waals surface area contributed by atoms with Gasteiger partial charge in [-0.1, -0.05) is 66.2 Å². The maximum atomic E-state index is 12.5. The van der Waals surface area contributed by atoms with E-state index in [0.29, 0.717) is 44.0 Å². The Labute approximate surface area is 223 Å². The van der Waals surface area contributed by atoms with Crippen LogP contribution in [-0.4, -0.2) is 58.5 Å². The van der Waals surface area contributed by atoms with Crippen LogP contribution in [0.15, 0.2) is 84.9 Å². The molecule has 0 spiro atoms. The van der Waals surface area contributed by atoms with Gasteiger partial charge in [0.15, 0.2) is 0 Å². The molecule has 194 valence electrons. The first-order valence-corrected chi connectivity index (χ1v) is 12.8. The molecule has 1 fully saturated rings. The fraction of sp³-hybridized carbons (Fsp3) is 0.241. The highest BCUT2D eigenvalue weighted by atomic mass is 16.2. The number of amides is 1. The smallest absolute Gasteiger partial charge is 0.234 e. The molecule has 1 saturated heterocycles. The van der Waals surface area contributed by atoms with Crippen LogP contribution < -0.4 is 20.9 Å². The molecule has 0 saturated carbocycles. The van der Waals surface area contributed by atoms with Crippen LogP contribution in [0.3, 0.4) is 0 Å². The largest absolute Gasteiger partial charge is 0.351 e. The summed E-state index contributed by atoms with van der Waals surface area (Å²) in [5, 5.41) is 9.59. The lowest BCUT2D eigenvalue weighted by atomic mass is 10.1. The lowest BCUT2D eigenvalue weighted by Gasteiger charge is -2.34. The summed E-state index contributed by atoms with van der Waals surface area (Å²) in [6, 6.07) is 27.9. The van der Waals surface area contributed by atoms with Gasteiger partial charge >= 0.3 is 0 Å². The Hall–Kier alpha value is -4.50. The van der Waals surface area contributed by atoms with Crippen LogP contribution in [0.25, 0.3) is 0 Å². The van der Waals surface area contributed by atoms with Gasteiger partial charge in [-0.2, -0.15) is 15.0 Å². The van der Waals surface area contributed by atoms with E-state index in [-0.39, 0.29) is 5.91 Å². The van der Waals surface area contributed by atoms with Crippen molar-refractivity contribution in [2.75, 3.05) is 48.3 Å². The zero-order valence-corrected chi connectivity index (χ0v) is 21.5. The second kappa shape index (κ2) is 12.2. The predicted molar refractivity (Wildman–Crippen MR) is 151 cm³/mol. The molecule has 1 aliphatic heterocycles. The van der Waals surface area contributed by atoms with Crippen molar-refractivity contribution in [1.82, 2.24) is 25.2 Å². The van der Waals surface area contributed by atoms with E-state index in [0.717, 1.165) is 30.0 Å². The second-order valence-corrected chi connectivity index (χ2v) is 9.29. The van der Waals surface area contributed by atoms with Crippen LogP contribution in [0.1, 0.15) is 11.1 Å². The molecule has 0 aliphatic carbocycles. The minimum absolute atomic E-state index is 0.0304. The lowest BCUT2D eigenvalue weighted by molar-refractivity contribution is -0.122. The van der Waals surface area contributed by atoms with E-state index in [1.54, 1.807) is 0 Å². The minimum atomic E-state index is 0.0304. The van der Waals surface area contributed by atoms with E-state index >= 15 is 0 Å². The van der Waals surface area contributed by atoms with Crippen LogP contribution in [-0.2, 0) is 11.3 Å². The van der Waals surface area contributed by atoms with Crippen molar-refractivity contribution < 1.29 is 4.79 Å². The number of nitrogens with one attached hydrogen (secondary N) is 3. The summed E-state index contributed by atoms with van der Waals surface area (Å²) in [7, 11) is 0. The number of carbonyl (C=O) groups is 1. The number of nitrogens with zero attached hydrogens (tertiary/aromatic N) is 5. The highest BCUT2D eigenvalue weighted by molar-refractivity contribution is 5.78. The fourth-order valence-corrected chi connectivity index (χ4v) is 4.19. The Morgan fingerprint density at radius 2 is 1.29 bits per heavy atom. The Morgan fingerprint density at radius 3 is 1.84 bits per heavy atom. The van der Waals surface area contributed by atoms with Gasteiger partial charge in [-0.25, -0.2) is 0 Å². The number of aromatic nitrogens is 3. The Balaban J connectivity index is 1.21. The van der Waals surface area contributed by atoms with Gasteiger partial charge < -0.3 is 20.9 Å². The monoisotopic (exact) mass is 508 g/mol. The first-order valence-electron chi connectivity index (χ1n) is 12.8. The third-order valence-electron chi connectivity index (χ3n) is 6.32. The van der Waals surface area contributed by atoms with Crippen molar-refractivity contribution in [3.05, 3.63) is 96.1 Å². The number of rotatable bonds is 9. The molecular formula is C29H32N8O. The Bertz CT molecular complexity index is 1260. The number of carbonyl (C=O) groups excluding carboxylic acids is 1. The molecule has 9 nitrogen and oxygen atoms in total. The molecule has 0 radical (unpaired) electrons. The molecule has 38 heavy (non-hydrogen) atoms. The van der Waals surface area contributed by atoms with Crippen LogP contribution in [0, 0.1) is 6.92 Å². The number of anilines is 5. The second-order valence-electron chi connectivity index (χ2n) is 9.29. The van der Waals surface area contributed by atoms with Crippen molar-refractivity contribution in [2.45, 2.75) is 13.5 Å². The van der Waals surface area contributed by atoms with Crippen molar-refractivity contribution in [1.29, 1.82) is 0 Å². The third kappa shape index (κ3) is 7.04. The Kier molecular flexibility index (Phi) is 8.05. The average molecular weight is 509 g/mol. The van der Waals surface area contributed by atoms with Crippen molar-refractivity contribution in [2.24, 2.45) is 0 Å². The molecular weight excluding hydrogens is 476 g/mol. The number of piperazine rings is 1. The molecule has 5 rings (SSSR count). The Morgan fingerprint density at radius 1 is 0.737 bits per heavy atom. The van der Waals surface area contributed by atoms with Crippen LogP contribution in [0.2, 0.25) is 0 Å². The maximum absolute atomic E-state index is 12.5. The lowest BCUT2D eigenvalue weighted by Crippen LogP contribution is -2.50. The van der Waals surface area contributed by atoms with Gasteiger partial charge in [0, 0.05) is 44.1 Å². The highest BCUT2D eigenvalue weighted by Crippen LogP contribution is 2.21. The van der Waals surface area contributed by atoms with Gasteiger partial charge in [0.2, 0.25) is 23.8 Å². The van der Waals surface area contributed by atoms with Crippen molar-refractivity contribution in [3.8, 4) is 0 Å². The maximum Gasteiger partial charge on any atom is 0.234 e. The van der Waals surface area contributed by atoms with Crippen molar-refractivity contribution in [3.63, 3.8) is 0 Å². The first kappa shape index (κ1) is 25.2. The van der Waals surface area contributed by atoms with Gasteiger partial charge in [0.25, 0.3) is 0 Å². The van der Waals surface area contributed by atoms with Crippen LogP contribution in [0.4, 0.5) is 29.2 Å². The first-order chi connectivity index (χ1) is 18.6. The molecule has 9 heteroatoms. The number of para-hydroxylation sites is 2. The predicted octanol–water partition coefficient (Wildman–Crippen LogP) is 4.11. The quantitative estimate of drug-likeness (QED) is 0.311. The van der Waals surface area contributed by atoms with Gasteiger partial charge in [-0.15, -0.1) is 0 Å². The van der Waals surface area contributed by atoms with E-state index in [9.17, 15) is 4.79 Å². The average Bonchev–Trinajstić information content (AvgIpc) is 2.94. The van der Waals surface area contributed by atoms with Gasteiger partial charge in [-0.05, 0) is 36.8 Å². The SMILES string of the molecule is Cc1ccc(CNC(=O)CN2CCN(c3nc(Nc4ccccc4)nc(Nc4ccccc4)n3)CC2)cc1. The number of aryl methyl sites for hydroxylation is 1. The highest BCUT2D eigenvalue weighted by Gasteiger charge is 2.22. The summed E-state index contributed by atoms with van der Waals surface area (Å²) in [5.41, 5.74) is 4.11. The number of hydrogen-bond donors (Lipinski definition) is 3. The summed E-state index contributed by atoms with van der Waals surface area (Å²) in [6.07, 6.45) is 0. The van der Waals surface area contributed by atoms with Crippen LogP contribution >= 0.6 is 0 Å². The molecule has 0 atom stereocenters. The summed E-state index contributed by atoms with van der Waals surface area (Å²) >= 11 is 0. The molecule has 4 aromatic rings. The zero-order valence-electron chi connectivity index (χ0n) is 21.5. The zero-order chi connectivity index (χ0) is 26.2. The van der Waals surface area contributed by atoms with Gasteiger partial charge in [-0.3, -0.25) is 9.69 Å². The molecule has 1 amide bonds. The van der Waals surface area contributed by atoms with E-state index in [4.69, 9.17) is 9.97 Å². The summed E-state index contributed by atoms with van der Waals surface area (Å²) in [5.74, 6) is 1.57. The van der Waals surface area contributed by atoms with Crippen LogP contribution in [0.5, 0.6) is 0 Å². The molecule has 2 heterocycles. The summed E-state index contributed by atoms with van der Waals surface area (Å²) < 4.78 is 0. The summed E-state index contributed by atoms with van der Waals surface area (Å²) in [6.45, 7) is 5.88. The minimum Gasteiger partial charge on any atom is -0.351 e.